The fourth-order valence-electron chi connectivity index (χ4n) is 3.29. The van der Waals surface area contributed by atoms with Crippen LogP contribution in [-0.4, -0.2) is 57.4 Å². The molecule has 1 amide bonds. The molecule has 0 aliphatic carbocycles. The molecule has 0 unspecified atom stereocenters. The minimum absolute atomic E-state index is 0.0608. The third-order valence-corrected chi connectivity index (χ3v) is 4.59. The van der Waals surface area contributed by atoms with E-state index in [9.17, 15) is 4.79 Å². The highest BCUT2D eigenvalue weighted by molar-refractivity contribution is 5.88. The Kier molecular flexibility index (Phi) is 5.06. The molecule has 0 N–H and O–H groups in total. The summed E-state index contributed by atoms with van der Waals surface area (Å²) in [7, 11) is 4.95. The predicted molar refractivity (Wildman–Crippen MR) is 89.3 cm³/mol. The smallest absolute Gasteiger partial charge is 0.227 e. The van der Waals surface area contributed by atoms with Gasteiger partial charge in [-0.3, -0.25) is 4.79 Å². The number of carbonyl (C=O) groups is 1. The maximum atomic E-state index is 12.8. The first-order valence-electron chi connectivity index (χ1n) is 8.01. The lowest BCUT2D eigenvalue weighted by Crippen LogP contribution is -2.39. The third kappa shape index (κ3) is 3.25. The zero-order valence-corrected chi connectivity index (χ0v) is 14.3. The van der Waals surface area contributed by atoms with Crippen molar-refractivity contribution < 1.29 is 23.4 Å². The number of carbonyl (C=O) groups excluding carboxylic acids is 1. The molecule has 1 saturated heterocycles. The van der Waals surface area contributed by atoms with Crippen molar-refractivity contribution in [3.05, 3.63) is 30.0 Å². The van der Waals surface area contributed by atoms with E-state index in [4.69, 9.17) is 18.6 Å². The van der Waals surface area contributed by atoms with E-state index >= 15 is 0 Å². The van der Waals surface area contributed by atoms with Crippen molar-refractivity contribution in [3.8, 4) is 5.75 Å². The quantitative estimate of drug-likeness (QED) is 0.811. The Balaban J connectivity index is 1.76. The minimum atomic E-state index is 0.0608. The zero-order valence-electron chi connectivity index (χ0n) is 14.3. The monoisotopic (exact) mass is 333 g/mol. The summed E-state index contributed by atoms with van der Waals surface area (Å²) in [6.07, 6.45) is 2.83. The number of nitrogens with zero attached hydrogens (tertiary/aromatic N) is 1. The zero-order chi connectivity index (χ0) is 17.1. The van der Waals surface area contributed by atoms with Gasteiger partial charge in [-0.2, -0.15) is 0 Å². The van der Waals surface area contributed by atoms with Gasteiger partial charge in [0.2, 0.25) is 5.91 Å². The number of amides is 1. The lowest BCUT2D eigenvalue weighted by atomic mass is 10.1. The lowest BCUT2D eigenvalue weighted by Gasteiger charge is -2.23. The molecular weight excluding hydrogens is 310 g/mol. The van der Waals surface area contributed by atoms with Gasteiger partial charge in [-0.25, -0.2) is 0 Å². The molecular formula is C18H23NO5. The van der Waals surface area contributed by atoms with Crippen LogP contribution in [0.5, 0.6) is 5.75 Å². The first kappa shape index (κ1) is 16.8. The Morgan fingerprint density at radius 1 is 1.33 bits per heavy atom. The molecule has 2 aromatic rings. The Hall–Kier alpha value is -2.05. The largest absolute Gasteiger partial charge is 0.497 e. The summed E-state index contributed by atoms with van der Waals surface area (Å²) in [5.74, 6) is 0.799. The number of ether oxygens (including phenoxy) is 3. The lowest BCUT2D eigenvalue weighted by molar-refractivity contribution is -0.132. The standard InChI is InChI=1S/C18H23NO5/c1-21-11-13-7-15(23-3)9-19(13)18(20)6-12-10-24-17-8-14(22-2)4-5-16(12)17/h4-5,8,10,13,15H,6-7,9,11H2,1-3H3/t13-,15-/m0/s1. The van der Waals surface area contributed by atoms with E-state index in [-0.39, 0.29) is 18.1 Å². The van der Waals surface area contributed by atoms with Gasteiger partial charge in [0, 0.05) is 37.8 Å². The van der Waals surface area contributed by atoms with Crippen LogP contribution in [0.4, 0.5) is 0 Å². The van der Waals surface area contributed by atoms with Gasteiger partial charge >= 0.3 is 0 Å². The Bertz CT molecular complexity index is 710. The molecule has 0 saturated carbocycles. The number of furan rings is 1. The number of hydrogen-bond acceptors (Lipinski definition) is 5. The van der Waals surface area contributed by atoms with Gasteiger partial charge in [-0.05, 0) is 18.6 Å². The van der Waals surface area contributed by atoms with Crippen molar-refractivity contribution in [2.75, 3.05) is 34.5 Å². The van der Waals surface area contributed by atoms with Crippen LogP contribution < -0.4 is 4.74 Å². The van der Waals surface area contributed by atoms with Gasteiger partial charge in [0.05, 0.1) is 38.5 Å². The Morgan fingerprint density at radius 3 is 2.88 bits per heavy atom. The van der Waals surface area contributed by atoms with E-state index in [0.717, 1.165) is 28.7 Å². The van der Waals surface area contributed by atoms with Gasteiger partial charge in [-0.15, -0.1) is 0 Å². The molecule has 0 spiro atoms. The van der Waals surface area contributed by atoms with Gasteiger partial charge in [0.1, 0.15) is 11.3 Å². The third-order valence-electron chi connectivity index (χ3n) is 4.59. The maximum absolute atomic E-state index is 12.8. The maximum Gasteiger partial charge on any atom is 0.227 e. The molecule has 3 rings (SSSR count). The van der Waals surface area contributed by atoms with Crippen LogP contribution in [0.15, 0.2) is 28.9 Å². The van der Waals surface area contributed by atoms with E-state index < -0.39 is 0 Å². The second kappa shape index (κ2) is 7.23. The van der Waals surface area contributed by atoms with Crippen LogP contribution in [-0.2, 0) is 20.7 Å². The fourth-order valence-corrected chi connectivity index (χ4v) is 3.29. The van der Waals surface area contributed by atoms with Crippen LogP contribution in [0.3, 0.4) is 0 Å². The van der Waals surface area contributed by atoms with Crippen LogP contribution in [0.25, 0.3) is 11.0 Å². The SMILES string of the molecule is COC[C@@H]1C[C@H](OC)CN1C(=O)Cc1coc2cc(OC)ccc12. The van der Waals surface area contributed by atoms with Crippen molar-refractivity contribution in [2.45, 2.75) is 25.0 Å². The van der Waals surface area contributed by atoms with E-state index in [1.165, 1.54) is 0 Å². The van der Waals surface area contributed by atoms with Crippen LogP contribution in [0, 0.1) is 0 Å². The van der Waals surface area contributed by atoms with Crippen molar-refractivity contribution in [2.24, 2.45) is 0 Å². The highest BCUT2D eigenvalue weighted by Crippen LogP contribution is 2.27. The molecule has 0 radical (unpaired) electrons. The summed E-state index contributed by atoms with van der Waals surface area (Å²) in [6, 6.07) is 5.68. The van der Waals surface area contributed by atoms with Crippen molar-refractivity contribution in [3.63, 3.8) is 0 Å². The van der Waals surface area contributed by atoms with Gasteiger partial charge in [0.25, 0.3) is 0 Å². The molecule has 1 fully saturated rings. The highest BCUT2D eigenvalue weighted by atomic mass is 16.5. The number of hydrogen-bond donors (Lipinski definition) is 0. The Labute approximate surface area is 141 Å². The van der Waals surface area contributed by atoms with Gasteiger partial charge in [-0.1, -0.05) is 0 Å². The molecule has 1 aliphatic rings. The second-order valence-electron chi connectivity index (χ2n) is 6.05. The average molecular weight is 333 g/mol. The first-order valence-corrected chi connectivity index (χ1v) is 8.01. The summed E-state index contributed by atoms with van der Waals surface area (Å²) in [6.45, 7) is 1.13. The molecule has 2 heterocycles. The average Bonchev–Trinajstić information content (AvgIpc) is 3.19. The van der Waals surface area contributed by atoms with E-state index in [2.05, 4.69) is 0 Å². The van der Waals surface area contributed by atoms with E-state index in [1.54, 1.807) is 27.6 Å². The fraction of sp³-hybridized carbons (Fsp3) is 0.500. The normalized spacial score (nSPS) is 20.7. The molecule has 1 aliphatic heterocycles. The topological polar surface area (TPSA) is 61.1 Å². The first-order chi connectivity index (χ1) is 11.7. The molecule has 1 aromatic heterocycles. The minimum Gasteiger partial charge on any atom is -0.497 e. The van der Waals surface area contributed by atoms with Crippen molar-refractivity contribution >= 4 is 16.9 Å². The van der Waals surface area contributed by atoms with Gasteiger partial charge in [0.15, 0.2) is 0 Å². The molecule has 6 nitrogen and oxygen atoms in total. The molecule has 2 atom stereocenters. The number of fused-ring (bicyclic) bond motifs is 1. The number of methoxy groups -OCH3 is 3. The number of rotatable bonds is 6. The van der Waals surface area contributed by atoms with Crippen molar-refractivity contribution in [1.29, 1.82) is 0 Å². The molecule has 6 heteroatoms. The molecule has 0 bridgehead atoms. The summed E-state index contributed by atoms with van der Waals surface area (Å²) in [4.78, 5) is 14.6. The summed E-state index contributed by atoms with van der Waals surface area (Å²) >= 11 is 0. The molecule has 24 heavy (non-hydrogen) atoms. The van der Waals surface area contributed by atoms with Crippen LogP contribution in [0.2, 0.25) is 0 Å². The highest BCUT2D eigenvalue weighted by Gasteiger charge is 2.35. The Morgan fingerprint density at radius 2 is 2.17 bits per heavy atom. The number of likely N-dealkylation sites (tertiary alicyclic amines) is 1. The van der Waals surface area contributed by atoms with Crippen LogP contribution in [0.1, 0.15) is 12.0 Å². The summed E-state index contributed by atoms with van der Waals surface area (Å²) in [5, 5.41) is 0.940. The van der Waals surface area contributed by atoms with Gasteiger partial charge < -0.3 is 23.5 Å². The van der Waals surface area contributed by atoms with Crippen molar-refractivity contribution in [1.82, 2.24) is 4.90 Å². The van der Waals surface area contributed by atoms with E-state index in [1.807, 2.05) is 23.1 Å². The molecule has 1 aromatic carbocycles. The summed E-state index contributed by atoms with van der Waals surface area (Å²) in [5.41, 5.74) is 1.61. The number of benzene rings is 1. The van der Waals surface area contributed by atoms with E-state index in [0.29, 0.717) is 19.6 Å². The molecule has 130 valence electrons. The second-order valence-corrected chi connectivity index (χ2v) is 6.05. The van der Waals surface area contributed by atoms with Crippen LogP contribution >= 0.6 is 0 Å². The predicted octanol–water partition coefficient (Wildman–Crippen LogP) is 2.25. The summed E-state index contributed by atoms with van der Waals surface area (Å²) < 4.78 is 21.4.